The molecular weight excluding hydrogens is 400 g/mol. The van der Waals surface area contributed by atoms with Gasteiger partial charge in [-0.1, -0.05) is 48.5 Å². The van der Waals surface area contributed by atoms with Crippen LogP contribution in [-0.4, -0.2) is 30.5 Å². The van der Waals surface area contributed by atoms with E-state index in [-0.39, 0.29) is 18.5 Å². The Morgan fingerprint density at radius 2 is 1.93 bits per heavy atom. The molecule has 3 heterocycles. The van der Waals surface area contributed by atoms with Gasteiger partial charge in [0.1, 0.15) is 10.6 Å². The second-order valence-corrected chi connectivity index (χ2v) is 8.68. The van der Waals surface area contributed by atoms with Crippen molar-refractivity contribution in [1.82, 2.24) is 0 Å². The van der Waals surface area contributed by atoms with Gasteiger partial charge >= 0.3 is 17.0 Å². The van der Waals surface area contributed by atoms with Crippen LogP contribution in [0, 0.1) is 5.92 Å². The highest BCUT2D eigenvalue weighted by atomic mass is 32.1. The van der Waals surface area contributed by atoms with E-state index in [2.05, 4.69) is 0 Å². The quantitative estimate of drug-likeness (QED) is 0.514. The zero-order valence-electron chi connectivity index (χ0n) is 17.0. The van der Waals surface area contributed by atoms with Gasteiger partial charge in [-0.2, -0.15) is 4.57 Å². The summed E-state index contributed by atoms with van der Waals surface area (Å²) in [6.07, 6.45) is 0. The number of carbonyl (C=O) groups is 1. The zero-order valence-corrected chi connectivity index (χ0v) is 17.8. The zero-order chi connectivity index (χ0) is 21.0. The minimum Gasteiger partial charge on any atom is -0.477 e. The summed E-state index contributed by atoms with van der Waals surface area (Å²) in [7, 11) is 1.90. The number of aromatic hydroxyl groups is 1. The molecule has 2 bridgehead atoms. The van der Waals surface area contributed by atoms with Crippen molar-refractivity contribution >= 4 is 22.4 Å². The first-order valence-corrected chi connectivity index (χ1v) is 10.8. The minimum absolute atomic E-state index is 0.145. The fourth-order valence-electron chi connectivity index (χ4n) is 4.56. The summed E-state index contributed by atoms with van der Waals surface area (Å²) in [5.41, 5.74) is 0.841. The number of hydrogen-bond donors (Lipinski definition) is 1. The van der Waals surface area contributed by atoms with E-state index in [1.807, 2.05) is 78.0 Å². The van der Waals surface area contributed by atoms with Gasteiger partial charge in [0.15, 0.2) is 12.0 Å². The van der Waals surface area contributed by atoms with E-state index < -0.39 is 17.7 Å². The predicted octanol–water partition coefficient (Wildman–Crippen LogP) is 3.74. The molecule has 0 saturated heterocycles. The molecule has 0 aliphatic carbocycles. The molecule has 5 rings (SSSR count). The Hall–Kier alpha value is -3.06. The molecule has 30 heavy (non-hydrogen) atoms. The number of esters is 1. The SMILES string of the molecule is CCOC(=O)C1C2c3ccccc3OC1(C)N(C)c1sc(-c3ccccc3)c(O)[n+]12. The van der Waals surface area contributed by atoms with Crippen LogP contribution in [0.1, 0.15) is 25.5 Å². The standard InChI is InChI=1S/C23H22N2O4S/c1-4-28-21(27)17-18-15-12-8-9-13-16(15)29-23(17,2)24(3)22-25(18)20(26)19(30-22)14-10-6-5-7-11-14/h5-13,17-18H,4H2,1-3H3/p+1. The van der Waals surface area contributed by atoms with Crippen molar-refractivity contribution in [2.75, 3.05) is 18.6 Å². The maximum absolute atomic E-state index is 13.1. The van der Waals surface area contributed by atoms with Gasteiger partial charge in [-0.05, 0) is 29.9 Å². The number of carbonyl (C=O) groups excluding carboxylic acids is 1. The molecule has 7 heteroatoms. The largest absolute Gasteiger partial charge is 0.477 e. The molecule has 3 unspecified atom stereocenters. The van der Waals surface area contributed by atoms with E-state index >= 15 is 0 Å². The fraction of sp³-hybridized carbons (Fsp3) is 0.304. The van der Waals surface area contributed by atoms with Crippen LogP contribution in [0.2, 0.25) is 0 Å². The average molecular weight is 424 g/mol. The van der Waals surface area contributed by atoms with Gasteiger partial charge in [-0.25, -0.2) is 4.90 Å². The summed E-state index contributed by atoms with van der Waals surface area (Å²) < 4.78 is 13.7. The van der Waals surface area contributed by atoms with Crippen LogP contribution >= 0.6 is 11.3 Å². The molecule has 3 aromatic rings. The van der Waals surface area contributed by atoms with Crippen LogP contribution in [0.4, 0.5) is 5.13 Å². The van der Waals surface area contributed by atoms with Crippen molar-refractivity contribution in [2.45, 2.75) is 25.6 Å². The molecular formula is C23H23N2O4S+. The van der Waals surface area contributed by atoms with Gasteiger partial charge in [0.2, 0.25) is 0 Å². The molecule has 2 aromatic carbocycles. The van der Waals surface area contributed by atoms with Gasteiger partial charge in [-0.15, -0.1) is 0 Å². The first kappa shape index (κ1) is 18.9. The lowest BCUT2D eigenvalue weighted by atomic mass is 9.79. The lowest BCUT2D eigenvalue weighted by molar-refractivity contribution is -0.718. The fourth-order valence-corrected chi connectivity index (χ4v) is 5.80. The molecule has 1 aromatic heterocycles. The smallest absolute Gasteiger partial charge is 0.343 e. The number of fused-ring (bicyclic) bond motifs is 6. The van der Waals surface area contributed by atoms with Crippen LogP contribution in [0.3, 0.4) is 0 Å². The van der Waals surface area contributed by atoms with Gasteiger partial charge in [0.05, 0.1) is 13.7 Å². The highest BCUT2D eigenvalue weighted by Gasteiger charge is 2.65. The van der Waals surface area contributed by atoms with Gasteiger partial charge in [-0.3, -0.25) is 4.79 Å². The van der Waals surface area contributed by atoms with E-state index in [0.29, 0.717) is 5.75 Å². The third kappa shape index (κ3) is 2.48. The van der Waals surface area contributed by atoms with E-state index in [4.69, 9.17) is 9.47 Å². The molecule has 2 aliphatic heterocycles. The number of nitrogens with zero attached hydrogens (tertiary/aromatic N) is 2. The molecule has 0 radical (unpaired) electrons. The number of anilines is 1. The second-order valence-electron chi connectivity index (χ2n) is 7.70. The summed E-state index contributed by atoms with van der Waals surface area (Å²) in [5, 5.41) is 12.2. The molecule has 6 nitrogen and oxygen atoms in total. The monoisotopic (exact) mass is 423 g/mol. The number of benzene rings is 2. The molecule has 0 spiro atoms. The van der Waals surface area contributed by atoms with E-state index in [1.54, 1.807) is 6.92 Å². The summed E-state index contributed by atoms with van der Waals surface area (Å²) >= 11 is 1.49. The van der Waals surface area contributed by atoms with E-state index in [1.165, 1.54) is 11.3 Å². The highest BCUT2D eigenvalue weighted by Crippen LogP contribution is 2.53. The minimum atomic E-state index is -0.948. The second kappa shape index (κ2) is 6.74. The predicted molar refractivity (Wildman–Crippen MR) is 114 cm³/mol. The Bertz CT molecular complexity index is 1130. The molecule has 0 amide bonds. The molecule has 0 saturated carbocycles. The number of ether oxygens (including phenoxy) is 2. The van der Waals surface area contributed by atoms with Crippen molar-refractivity contribution in [3.63, 3.8) is 0 Å². The lowest BCUT2D eigenvalue weighted by Crippen LogP contribution is -2.71. The van der Waals surface area contributed by atoms with Crippen molar-refractivity contribution in [2.24, 2.45) is 5.92 Å². The molecule has 3 atom stereocenters. The number of thiazole rings is 1. The van der Waals surface area contributed by atoms with Crippen molar-refractivity contribution in [3.8, 4) is 22.1 Å². The van der Waals surface area contributed by atoms with Crippen LogP contribution in [-0.2, 0) is 9.53 Å². The Morgan fingerprint density at radius 3 is 2.67 bits per heavy atom. The Labute approximate surface area is 178 Å². The van der Waals surface area contributed by atoms with Gasteiger partial charge < -0.3 is 14.6 Å². The van der Waals surface area contributed by atoms with Crippen LogP contribution in [0.5, 0.6) is 11.6 Å². The maximum atomic E-state index is 13.1. The summed E-state index contributed by atoms with van der Waals surface area (Å²) in [6.45, 7) is 4.00. The number of hydrogen-bond acceptors (Lipinski definition) is 6. The Kier molecular flexibility index (Phi) is 4.25. The third-order valence-electron chi connectivity index (χ3n) is 6.09. The summed E-state index contributed by atoms with van der Waals surface area (Å²) in [4.78, 5) is 15.9. The van der Waals surface area contributed by atoms with E-state index in [0.717, 1.165) is 21.1 Å². The normalized spacial score (nSPS) is 23.9. The van der Waals surface area contributed by atoms with Crippen molar-refractivity contribution in [3.05, 3.63) is 60.2 Å². The topological polar surface area (TPSA) is 62.9 Å². The number of aromatic nitrogens is 1. The Balaban J connectivity index is 1.79. The van der Waals surface area contributed by atoms with Crippen LogP contribution in [0.15, 0.2) is 54.6 Å². The maximum Gasteiger partial charge on any atom is 0.343 e. The van der Waals surface area contributed by atoms with Gasteiger partial charge in [0.25, 0.3) is 5.72 Å². The molecule has 1 N–H and O–H groups in total. The third-order valence-corrected chi connectivity index (χ3v) is 7.36. The first-order chi connectivity index (χ1) is 14.5. The molecule has 2 aliphatic rings. The van der Waals surface area contributed by atoms with Crippen LogP contribution in [0.25, 0.3) is 10.4 Å². The van der Waals surface area contributed by atoms with Gasteiger partial charge in [0, 0.05) is 12.5 Å². The number of para-hydroxylation sites is 1. The van der Waals surface area contributed by atoms with Crippen molar-refractivity contribution in [1.29, 1.82) is 0 Å². The Morgan fingerprint density at radius 1 is 1.23 bits per heavy atom. The van der Waals surface area contributed by atoms with E-state index in [9.17, 15) is 9.90 Å². The van der Waals surface area contributed by atoms with Crippen LogP contribution < -0.4 is 14.2 Å². The summed E-state index contributed by atoms with van der Waals surface area (Å²) in [6, 6.07) is 17.0. The highest BCUT2D eigenvalue weighted by molar-refractivity contribution is 7.18. The molecule has 154 valence electrons. The first-order valence-electron chi connectivity index (χ1n) is 9.98. The molecule has 0 fully saturated rings. The lowest BCUT2D eigenvalue weighted by Gasteiger charge is -2.48. The average Bonchev–Trinajstić information content (AvgIpc) is 3.09. The summed E-state index contributed by atoms with van der Waals surface area (Å²) in [5.74, 6) is -0.121. The number of rotatable bonds is 3. The van der Waals surface area contributed by atoms with Crippen molar-refractivity contribution < 1.29 is 23.9 Å².